The minimum absolute atomic E-state index is 0.0666. The molecule has 2 unspecified atom stereocenters. The first-order valence-electron chi connectivity index (χ1n) is 7.45. The number of aryl methyl sites for hydroxylation is 2. The average molecular weight is 285 g/mol. The van der Waals surface area contributed by atoms with Crippen molar-refractivity contribution in [2.75, 3.05) is 26.2 Å². The van der Waals surface area contributed by atoms with Gasteiger partial charge in [0.1, 0.15) is 5.56 Å². The van der Waals surface area contributed by atoms with E-state index in [0.717, 1.165) is 37.6 Å². The highest BCUT2D eigenvalue weighted by atomic mass is 16.2. The van der Waals surface area contributed by atoms with E-state index < -0.39 is 0 Å². The van der Waals surface area contributed by atoms with Gasteiger partial charge in [-0.3, -0.25) is 4.79 Å². The lowest BCUT2D eigenvalue weighted by Crippen LogP contribution is -2.31. The van der Waals surface area contributed by atoms with Crippen LogP contribution in [0, 0.1) is 25.7 Å². The molecule has 1 N–H and O–H groups in total. The standard InChI is InChI=1S/C15H19N5O/c1-9-3-10(2)20-14(18-9)13(6-17-20)15(21)19-7-11-4-16-5-12(11)8-19/h3,6,11-12,16H,4-5,7-8H2,1-2H3. The second-order valence-electron chi connectivity index (χ2n) is 6.22. The Labute approximate surface area is 123 Å². The summed E-state index contributed by atoms with van der Waals surface area (Å²) in [4.78, 5) is 19.3. The lowest BCUT2D eigenvalue weighted by atomic mass is 10.0. The summed E-state index contributed by atoms with van der Waals surface area (Å²) < 4.78 is 1.75. The summed E-state index contributed by atoms with van der Waals surface area (Å²) in [5, 5.41) is 7.71. The molecule has 21 heavy (non-hydrogen) atoms. The molecule has 2 aromatic heterocycles. The highest BCUT2D eigenvalue weighted by Gasteiger charge is 2.38. The van der Waals surface area contributed by atoms with Crippen LogP contribution in [-0.4, -0.2) is 51.6 Å². The van der Waals surface area contributed by atoms with Crippen molar-refractivity contribution in [2.45, 2.75) is 13.8 Å². The fourth-order valence-electron chi connectivity index (χ4n) is 3.61. The zero-order chi connectivity index (χ0) is 14.6. The lowest BCUT2D eigenvalue weighted by molar-refractivity contribution is 0.0783. The van der Waals surface area contributed by atoms with Gasteiger partial charge in [-0.1, -0.05) is 0 Å². The van der Waals surface area contributed by atoms with Crippen molar-refractivity contribution in [1.82, 2.24) is 24.8 Å². The van der Waals surface area contributed by atoms with Gasteiger partial charge in [0, 0.05) is 37.6 Å². The molecule has 2 atom stereocenters. The van der Waals surface area contributed by atoms with Crippen LogP contribution in [0.1, 0.15) is 21.7 Å². The van der Waals surface area contributed by atoms with Crippen molar-refractivity contribution in [3.05, 3.63) is 29.2 Å². The van der Waals surface area contributed by atoms with E-state index in [1.165, 1.54) is 0 Å². The molecular formula is C15H19N5O. The molecule has 2 aliphatic rings. The van der Waals surface area contributed by atoms with E-state index in [4.69, 9.17) is 0 Å². The van der Waals surface area contributed by atoms with Crippen LogP contribution in [-0.2, 0) is 0 Å². The highest BCUT2D eigenvalue weighted by Crippen LogP contribution is 2.28. The minimum Gasteiger partial charge on any atom is -0.338 e. The molecule has 0 aliphatic carbocycles. The van der Waals surface area contributed by atoms with E-state index >= 15 is 0 Å². The van der Waals surface area contributed by atoms with Crippen LogP contribution in [0.3, 0.4) is 0 Å². The van der Waals surface area contributed by atoms with Gasteiger partial charge in [0.15, 0.2) is 5.65 Å². The second-order valence-corrected chi connectivity index (χ2v) is 6.22. The van der Waals surface area contributed by atoms with Crippen LogP contribution in [0.25, 0.3) is 5.65 Å². The summed E-state index contributed by atoms with van der Waals surface area (Å²) in [5.74, 6) is 1.27. The smallest absolute Gasteiger partial charge is 0.259 e. The SMILES string of the molecule is Cc1cc(C)n2ncc(C(=O)N3CC4CNCC4C3)c2n1. The van der Waals surface area contributed by atoms with Gasteiger partial charge in [0.05, 0.1) is 6.20 Å². The van der Waals surface area contributed by atoms with Crippen LogP contribution in [0.2, 0.25) is 0 Å². The van der Waals surface area contributed by atoms with Gasteiger partial charge in [0.25, 0.3) is 5.91 Å². The number of likely N-dealkylation sites (tertiary alicyclic amines) is 1. The number of hydrogen-bond acceptors (Lipinski definition) is 4. The summed E-state index contributed by atoms with van der Waals surface area (Å²) in [6.45, 7) is 7.67. The molecule has 2 aliphatic heterocycles. The maximum absolute atomic E-state index is 12.8. The number of nitrogens with zero attached hydrogens (tertiary/aromatic N) is 4. The lowest BCUT2D eigenvalue weighted by Gasteiger charge is -2.16. The maximum atomic E-state index is 12.8. The molecule has 4 heterocycles. The number of carbonyl (C=O) groups excluding carboxylic acids is 1. The van der Waals surface area contributed by atoms with Crippen molar-refractivity contribution >= 4 is 11.6 Å². The third-order valence-corrected chi connectivity index (χ3v) is 4.69. The molecule has 110 valence electrons. The monoisotopic (exact) mass is 285 g/mol. The van der Waals surface area contributed by atoms with Gasteiger partial charge < -0.3 is 10.2 Å². The Morgan fingerprint density at radius 2 is 2.00 bits per heavy atom. The predicted molar refractivity (Wildman–Crippen MR) is 78.2 cm³/mol. The summed E-state index contributed by atoms with van der Waals surface area (Å²) in [6.07, 6.45) is 1.66. The molecule has 0 spiro atoms. The third kappa shape index (κ3) is 1.93. The molecule has 6 nitrogen and oxygen atoms in total. The van der Waals surface area contributed by atoms with Crippen molar-refractivity contribution < 1.29 is 4.79 Å². The number of nitrogens with one attached hydrogen (secondary N) is 1. The van der Waals surface area contributed by atoms with E-state index in [0.29, 0.717) is 23.0 Å². The van der Waals surface area contributed by atoms with Gasteiger partial charge in [0.2, 0.25) is 0 Å². The van der Waals surface area contributed by atoms with Gasteiger partial charge in [-0.15, -0.1) is 0 Å². The van der Waals surface area contributed by atoms with Crippen molar-refractivity contribution in [2.24, 2.45) is 11.8 Å². The second kappa shape index (κ2) is 4.53. The van der Waals surface area contributed by atoms with Crippen molar-refractivity contribution in [3.63, 3.8) is 0 Å². The highest BCUT2D eigenvalue weighted by molar-refractivity contribution is 5.99. The van der Waals surface area contributed by atoms with E-state index in [1.807, 2.05) is 24.8 Å². The average Bonchev–Trinajstić information content (AvgIpc) is 3.10. The number of hydrogen-bond donors (Lipinski definition) is 1. The summed E-state index contributed by atoms with van der Waals surface area (Å²) in [6, 6.07) is 1.97. The Kier molecular flexibility index (Phi) is 2.75. The number of rotatable bonds is 1. The van der Waals surface area contributed by atoms with E-state index in [1.54, 1.807) is 10.7 Å². The van der Waals surface area contributed by atoms with Crippen LogP contribution >= 0.6 is 0 Å². The molecule has 6 heteroatoms. The summed E-state index contributed by atoms with van der Waals surface area (Å²) in [7, 11) is 0. The molecule has 1 amide bonds. The first-order valence-corrected chi connectivity index (χ1v) is 7.45. The molecular weight excluding hydrogens is 266 g/mol. The van der Waals surface area contributed by atoms with Crippen molar-refractivity contribution in [3.8, 4) is 0 Å². The van der Waals surface area contributed by atoms with Gasteiger partial charge in [-0.25, -0.2) is 9.50 Å². The van der Waals surface area contributed by atoms with Crippen LogP contribution in [0.15, 0.2) is 12.3 Å². The number of amides is 1. The van der Waals surface area contributed by atoms with Crippen LogP contribution < -0.4 is 5.32 Å². The fourth-order valence-corrected chi connectivity index (χ4v) is 3.61. The maximum Gasteiger partial charge on any atom is 0.259 e. The molecule has 0 bridgehead atoms. The molecule has 2 aromatic rings. The van der Waals surface area contributed by atoms with Gasteiger partial charge in [-0.05, 0) is 31.7 Å². The Hall–Kier alpha value is -1.95. The normalized spacial score (nSPS) is 24.8. The number of carbonyl (C=O) groups is 1. The van der Waals surface area contributed by atoms with Gasteiger partial charge in [-0.2, -0.15) is 5.10 Å². The van der Waals surface area contributed by atoms with Crippen LogP contribution in [0.4, 0.5) is 0 Å². The fraction of sp³-hybridized carbons (Fsp3) is 0.533. The predicted octanol–water partition coefficient (Wildman–Crippen LogP) is 0.638. The van der Waals surface area contributed by atoms with Crippen molar-refractivity contribution in [1.29, 1.82) is 0 Å². The Balaban J connectivity index is 1.69. The number of aromatic nitrogens is 3. The summed E-state index contributed by atoms with van der Waals surface area (Å²) >= 11 is 0. The summed E-state index contributed by atoms with van der Waals surface area (Å²) in [5.41, 5.74) is 3.21. The number of fused-ring (bicyclic) bond motifs is 2. The zero-order valence-corrected chi connectivity index (χ0v) is 12.3. The van der Waals surface area contributed by atoms with E-state index in [9.17, 15) is 4.79 Å². The third-order valence-electron chi connectivity index (χ3n) is 4.69. The molecule has 0 saturated carbocycles. The molecule has 2 fully saturated rings. The molecule has 4 rings (SSSR count). The topological polar surface area (TPSA) is 62.5 Å². The molecule has 0 aromatic carbocycles. The largest absolute Gasteiger partial charge is 0.338 e. The van der Waals surface area contributed by atoms with Crippen LogP contribution in [0.5, 0.6) is 0 Å². The quantitative estimate of drug-likeness (QED) is 0.835. The Bertz CT molecular complexity index is 710. The van der Waals surface area contributed by atoms with E-state index in [2.05, 4.69) is 15.4 Å². The zero-order valence-electron chi connectivity index (χ0n) is 12.3. The van der Waals surface area contributed by atoms with Gasteiger partial charge >= 0.3 is 0 Å². The first-order chi connectivity index (χ1) is 10.1. The Morgan fingerprint density at radius 3 is 2.71 bits per heavy atom. The minimum atomic E-state index is 0.0666. The Morgan fingerprint density at radius 1 is 1.29 bits per heavy atom. The molecule has 2 saturated heterocycles. The van der Waals surface area contributed by atoms with E-state index in [-0.39, 0.29) is 5.91 Å². The first kappa shape index (κ1) is 12.8. The molecule has 0 radical (unpaired) electrons.